The average Bonchev–Trinajstić information content (AvgIpc) is 2.76. The van der Waals surface area contributed by atoms with Crippen LogP contribution in [0.4, 0.5) is 0 Å². The van der Waals surface area contributed by atoms with Gasteiger partial charge >= 0.3 is 5.97 Å². The number of esters is 1. The summed E-state index contributed by atoms with van der Waals surface area (Å²) in [5.41, 5.74) is 1.30. The third kappa shape index (κ3) is 3.19. The molecule has 2 heterocycles. The lowest BCUT2D eigenvalue weighted by Crippen LogP contribution is -2.07. The van der Waals surface area contributed by atoms with Crippen molar-refractivity contribution in [2.24, 2.45) is 0 Å². The molecule has 0 aromatic carbocycles. The van der Waals surface area contributed by atoms with E-state index in [1.807, 2.05) is 6.20 Å². The summed E-state index contributed by atoms with van der Waals surface area (Å²) in [5.74, 6) is -0.393. The highest BCUT2D eigenvalue weighted by atomic mass is 79.9. The first-order chi connectivity index (χ1) is 9.67. The van der Waals surface area contributed by atoms with Crippen molar-refractivity contribution in [2.45, 2.75) is 19.9 Å². The number of nitrogens with zero attached hydrogens (tertiary/aromatic N) is 2. The van der Waals surface area contributed by atoms with E-state index in [9.17, 15) is 4.79 Å². The third-order valence-corrected chi connectivity index (χ3v) is 3.58. The van der Waals surface area contributed by atoms with Gasteiger partial charge in [0, 0.05) is 42.5 Å². The number of rotatable bonds is 6. The van der Waals surface area contributed by atoms with Crippen LogP contribution in [0.25, 0.3) is 10.9 Å². The van der Waals surface area contributed by atoms with Gasteiger partial charge in [-0.1, -0.05) is 0 Å². The maximum atomic E-state index is 11.7. The molecule has 6 heteroatoms. The van der Waals surface area contributed by atoms with Crippen molar-refractivity contribution in [1.29, 1.82) is 0 Å². The predicted octanol–water partition coefficient (Wildman–Crippen LogP) is 3.01. The first-order valence-electron chi connectivity index (χ1n) is 6.47. The molecule has 5 nitrogen and oxygen atoms in total. The van der Waals surface area contributed by atoms with Gasteiger partial charge in [-0.25, -0.2) is 9.78 Å². The molecular weight excluding hydrogens is 324 g/mol. The molecule has 2 rings (SSSR count). The summed E-state index contributed by atoms with van der Waals surface area (Å²) < 4.78 is 13.1. The molecule has 108 valence electrons. The van der Waals surface area contributed by atoms with E-state index >= 15 is 0 Å². The van der Waals surface area contributed by atoms with Crippen molar-refractivity contribution in [3.8, 4) is 0 Å². The van der Waals surface area contributed by atoms with Gasteiger partial charge in [0.15, 0.2) is 0 Å². The van der Waals surface area contributed by atoms with Crippen molar-refractivity contribution in [2.75, 3.05) is 20.3 Å². The average molecular weight is 341 g/mol. The van der Waals surface area contributed by atoms with E-state index in [1.165, 1.54) is 0 Å². The summed E-state index contributed by atoms with van der Waals surface area (Å²) in [6.45, 7) is 3.65. The summed E-state index contributed by atoms with van der Waals surface area (Å²) >= 11 is 3.51. The maximum absolute atomic E-state index is 11.7. The molecule has 0 saturated carbocycles. The third-order valence-electron chi connectivity index (χ3n) is 2.95. The van der Waals surface area contributed by atoms with Crippen LogP contribution in [-0.4, -0.2) is 35.8 Å². The monoisotopic (exact) mass is 340 g/mol. The second-order valence-electron chi connectivity index (χ2n) is 4.32. The maximum Gasteiger partial charge on any atom is 0.356 e. The minimum absolute atomic E-state index is 0.331. The van der Waals surface area contributed by atoms with Crippen molar-refractivity contribution in [3.05, 3.63) is 28.6 Å². The Hall–Kier alpha value is -1.40. The highest BCUT2D eigenvalue weighted by Gasteiger charge is 2.13. The zero-order valence-electron chi connectivity index (χ0n) is 11.6. The molecule has 20 heavy (non-hydrogen) atoms. The Balaban J connectivity index is 2.33. The number of halogens is 1. The summed E-state index contributed by atoms with van der Waals surface area (Å²) in [6.07, 6.45) is 4.60. The Bertz CT molecular complexity index is 610. The number of methoxy groups -OCH3 is 1. The highest BCUT2D eigenvalue weighted by molar-refractivity contribution is 9.10. The van der Waals surface area contributed by atoms with E-state index in [4.69, 9.17) is 9.47 Å². The van der Waals surface area contributed by atoms with Crippen molar-refractivity contribution in [3.63, 3.8) is 0 Å². The molecule has 0 unspecified atom stereocenters. The molecule has 0 aliphatic carbocycles. The zero-order valence-corrected chi connectivity index (χ0v) is 13.1. The number of aryl methyl sites for hydroxylation is 1. The first kappa shape index (κ1) is 15.0. The molecule has 0 N–H and O–H groups in total. The van der Waals surface area contributed by atoms with E-state index in [1.54, 1.807) is 26.3 Å². The minimum Gasteiger partial charge on any atom is -0.461 e. The van der Waals surface area contributed by atoms with Crippen LogP contribution < -0.4 is 0 Å². The highest BCUT2D eigenvalue weighted by Crippen LogP contribution is 2.26. The Morgan fingerprint density at radius 3 is 3.00 bits per heavy atom. The van der Waals surface area contributed by atoms with E-state index in [0.29, 0.717) is 18.9 Å². The van der Waals surface area contributed by atoms with Crippen LogP contribution in [0.3, 0.4) is 0 Å². The first-order valence-corrected chi connectivity index (χ1v) is 7.27. The lowest BCUT2D eigenvalue weighted by atomic mass is 10.3. The Kier molecular flexibility index (Phi) is 5.14. The summed E-state index contributed by atoms with van der Waals surface area (Å²) in [6, 6.07) is 1.77. The van der Waals surface area contributed by atoms with E-state index < -0.39 is 5.97 Å². The topological polar surface area (TPSA) is 53.3 Å². The quantitative estimate of drug-likeness (QED) is 0.599. The standard InChI is InChI=1S/C14H17BrN2O3/c1-3-20-14(18)12-7-13-10(8-16-12)11(15)9-17(13)5-4-6-19-2/h7-9H,3-6H2,1-2H3. The van der Waals surface area contributed by atoms with Gasteiger partial charge in [-0.2, -0.15) is 0 Å². The number of pyridine rings is 1. The smallest absolute Gasteiger partial charge is 0.356 e. The van der Waals surface area contributed by atoms with Gasteiger partial charge in [0.1, 0.15) is 5.69 Å². The van der Waals surface area contributed by atoms with Crippen LogP contribution in [0, 0.1) is 0 Å². The van der Waals surface area contributed by atoms with Crippen molar-refractivity contribution >= 4 is 32.8 Å². The number of fused-ring (bicyclic) bond motifs is 1. The molecule has 0 atom stereocenters. The Morgan fingerprint density at radius 2 is 2.30 bits per heavy atom. The second-order valence-corrected chi connectivity index (χ2v) is 5.18. The predicted molar refractivity (Wildman–Crippen MR) is 79.9 cm³/mol. The molecule has 0 radical (unpaired) electrons. The van der Waals surface area contributed by atoms with Crippen LogP contribution in [-0.2, 0) is 16.0 Å². The SMILES string of the molecule is CCOC(=O)c1cc2c(cn1)c(Br)cn2CCCOC. The number of carbonyl (C=O) groups excluding carboxylic acids is 1. The second kappa shape index (κ2) is 6.85. The molecular formula is C14H17BrN2O3. The van der Waals surface area contributed by atoms with Crippen LogP contribution in [0.5, 0.6) is 0 Å². The Morgan fingerprint density at radius 1 is 1.50 bits per heavy atom. The molecule has 0 bridgehead atoms. The fraction of sp³-hybridized carbons (Fsp3) is 0.429. The molecule has 2 aromatic rings. The van der Waals surface area contributed by atoms with Gasteiger partial charge in [-0.3, -0.25) is 0 Å². The molecule has 0 spiro atoms. The molecule has 0 saturated heterocycles. The van der Waals surface area contributed by atoms with Gasteiger partial charge in [0.25, 0.3) is 0 Å². The fourth-order valence-corrected chi connectivity index (χ4v) is 2.58. The summed E-state index contributed by atoms with van der Waals surface area (Å²) in [5, 5.41) is 0.982. The van der Waals surface area contributed by atoms with Crippen LogP contribution in [0.1, 0.15) is 23.8 Å². The van der Waals surface area contributed by atoms with Gasteiger partial charge in [0.2, 0.25) is 0 Å². The lowest BCUT2D eigenvalue weighted by molar-refractivity contribution is 0.0519. The van der Waals surface area contributed by atoms with Gasteiger partial charge in [0.05, 0.1) is 12.1 Å². The van der Waals surface area contributed by atoms with Gasteiger partial charge < -0.3 is 14.0 Å². The number of hydrogen-bond donors (Lipinski definition) is 0. The Labute approximate surface area is 126 Å². The van der Waals surface area contributed by atoms with Gasteiger partial charge in [-0.15, -0.1) is 0 Å². The minimum atomic E-state index is -0.393. The van der Waals surface area contributed by atoms with Gasteiger partial charge in [-0.05, 0) is 35.3 Å². The zero-order chi connectivity index (χ0) is 14.5. The number of carbonyl (C=O) groups is 1. The van der Waals surface area contributed by atoms with Crippen molar-refractivity contribution < 1.29 is 14.3 Å². The number of hydrogen-bond acceptors (Lipinski definition) is 4. The molecule has 0 aliphatic heterocycles. The van der Waals surface area contributed by atoms with Crippen molar-refractivity contribution in [1.82, 2.24) is 9.55 Å². The molecule has 0 amide bonds. The molecule has 0 fully saturated rings. The van der Waals surface area contributed by atoms with Crippen LogP contribution >= 0.6 is 15.9 Å². The fourth-order valence-electron chi connectivity index (χ4n) is 2.02. The normalized spacial score (nSPS) is 10.9. The largest absolute Gasteiger partial charge is 0.461 e. The number of aromatic nitrogens is 2. The van der Waals surface area contributed by atoms with Crippen LogP contribution in [0.2, 0.25) is 0 Å². The summed E-state index contributed by atoms with van der Waals surface area (Å²) in [7, 11) is 1.69. The number of ether oxygens (including phenoxy) is 2. The lowest BCUT2D eigenvalue weighted by Gasteiger charge is -2.06. The summed E-state index contributed by atoms with van der Waals surface area (Å²) in [4.78, 5) is 15.9. The van der Waals surface area contributed by atoms with Crippen LogP contribution in [0.15, 0.2) is 22.9 Å². The molecule has 0 aliphatic rings. The molecule has 2 aromatic heterocycles. The van der Waals surface area contributed by atoms with E-state index in [2.05, 4.69) is 25.5 Å². The van der Waals surface area contributed by atoms with E-state index in [-0.39, 0.29) is 0 Å². The van der Waals surface area contributed by atoms with E-state index in [0.717, 1.165) is 28.3 Å².